The van der Waals surface area contributed by atoms with Crippen LogP contribution in [-0.4, -0.2) is 5.91 Å². The van der Waals surface area contributed by atoms with Crippen LogP contribution in [0.1, 0.15) is 11.1 Å². The summed E-state index contributed by atoms with van der Waals surface area (Å²) >= 11 is 0. The van der Waals surface area contributed by atoms with Crippen molar-refractivity contribution >= 4 is 11.6 Å². The van der Waals surface area contributed by atoms with Gasteiger partial charge in [0.15, 0.2) is 0 Å². The van der Waals surface area contributed by atoms with Crippen LogP contribution in [0, 0.1) is 23.0 Å². The molecule has 0 radical (unpaired) electrons. The van der Waals surface area contributed by atoms with Gasteiger partial charge in [0, 0.05) is 0 Å². The van der Waals surface area contributed by atoms with Gasteiger partial charge in [0.25, 0.3) is 0 Å². The Morgan fingerprint density at radius 3 is 2.55 bits per heavy atom. The van der Waals surface area contributed by atoms with Crippen molar-refractivity contribution in [2.24, 2.45) is 0 Å². The standard InChI is InChI=1S/C15H10F2N2O/c16-12-4-2-1-3-11(12)8-15(20)19-14-6-5-10(9-18)7-13(14)17/h1-7H,8H2,(H,19,20). The summed E-state index contributed by atoms with van der Waals surface area (Å²) in [5.74, 6) is -1.72. The van der Waals surface area contributed by atoms with Crippen molar-refractivity contribution in [2.45, 2.75) is 6.42 Å². The average molecular weight is 272 g/mol. The normalized spacial score (nSPS) is 9.85. The number of halogens is 2. The van der Waals surface area contributed by atoms with Crippen LogP contribution in [0.4, 0.5) is 14.5 Å². The third-order valence-electron chi connectivity index (χ3n) is 2.68. The van der Waals surface area contributed by atoms with E-state index in [1.807, 2.05) is 0 Å². The summed E-state index contributed by atoms with van der Waals surface area (Å²) in [5.41, 5.74) is 0.360. The molecule has 0 spiro atoms. The number of carbonyl (C=O) groups excluding carboxylic acids is 1. The van der Waals surface area contributed by atoms with E-state index in [1.54, 1.807) is 12.1 Å². The molecule has 0 aliphatic heterocycles. The van der Waals surface area contributed by atoms with E-state index >= 15 is 0 Å². The van der Waals surface area contributed by atoms with E-state index in [-0.39, 0.29) is 23.2 Å². The molecule has 2 aromatic carbocycles. The first kappa shape index (κ1) is 13.7. The van der Waals surface area contributed by atoms with E-state index in [2.05, 4.69) is 5.32 Å². The second-order valence-electron chi connectivity index (χ2n) is 4.12. The second-order valence-corrected chi connectivity index (χ2v) is 4.12. The molecule has 2 rings (SSSR count). The van der Waals surface area contributed by atoms with E-state index < -0.39 is 17.5 Å². The van der Waals surface area contributed by atoms with Crippen LogP contribution < -0.4 is 5.32 Å². The zero-order valence-corrected chi connectivity index (χ0v) is 10.4. The predicted molar refractivity (Wildman–Crippen MR) is 69.8 cm³/mol. The van der Waals surface area contributed by atoms with Crippen LogP contribution in [-0.2, 0) is 11.2 Å². The zero-order valence-electron chi connectivity index (χ0n) is 10.4. The molecule has 0 bridgehead atoms. The number of rotatable bonds is 3. The third-order valence-corrected chi connectivity index (χ3v) is 2.68. The fourth-order valence-electron chi connectivity index (χ4n) is 1.70. The molecule has 0 saturated heterocycles. The van der Waals surface area contributed by atoms with Gasteiger partial charge in [0.05, 0.1) is 23.7 Å². The minimum Gasteiger partial charge on any atom is -0.323 e. The Bertz CT molecular complexity index is 693. The maximum Gasteiger partial charge on any atom is 0.228 e. The fourth-order valence-corrected chi connectivity index (χ4v) is 1.70. The Balaban J connectivity index is 2.09. The lowest BCUT2D eigenvalue weighted by atomic mass is 10.1. The van der Waals surface area contributed by atoms with Crippen molar-refractivity contribution in [3.63, 3.8) is 0 Å². The van der Waals surface area contributed by atoms with Crippen LogP contribution in [0.5, 0.6) is 0 Å². The molecule has 0 unspecified atom stereocenters. The van der Waals surface area contributed by atoms with Crippen molar-refractivity contribution in [2.75, 3.05) is 5.32 Å². The SMILES string of the molecule is N#Cc1ccc(NC(=O)Cc2ccccc2F)c(F)c1. The molecule has 0 saturated carbocycles. The summed E-state index contributed by atoms with van der Waals surface area (Å²) < 4.78 is 27.0. The summed E-state index contributed by atoms with van der Waals surface area (Å²) in [6.45, 7) is 0. The van der Waals surface area contributed by atoms with Gasteiger partial charge in [0.2, 0.25) is 5.91 Å². The lowest BCUT2D eigenvalue weighted by Gasteiger charge is -2.07. The lowest BCUT2D eigenvalue weighted by molar-refractivity contribution is -0.115. The molecule has 3 nitrogen and oxygen atoms in total. The van der Waals surface area contributed by atoms with Gasteiger partial charge in [-0.25, -0.2) is 8.78 Å². The quantitative estimate of drug-likeness (QED) is 0.933. The number of nitriles is 1. The van der Waals surface area contributed by atoms with Gasteiger partial charge in [-0.05, 0) is 29.8 Å². The number of anilines is 1. The van der Waals surface area contributed by atoms with E-state index in [4.69, 9.17) is 5.26 Å². The number of amides is 1. The van der Waals surface area contributed by atoms with E-state index in [9.17, 15) is 13.6 Å². The van der Waals surface area contributed by atoms with Crippen LogP contribution in [0.2, 0.25) is 0 Å². The summed E-state index contributed by atoms with van der Waals surface area (Å²) in [6.07, 6.45) is -0.188. The number of hydrogen-bond acceptors (Lipinski definition) is 2. The molecule has 2 aromatic rings. The number of nitrogens with one attached hydrogen (secondary N) is 1. The van der Waals surface area contributed by atoms with Crippen molar-refractivity contribution in [3.8, 4) is 6.07 Å². The zero-order chi connectivity index (χ0) is 14.5. The molecular weight excluding hydrogens is 262 g/mol. The first-order chi connectivity index (χ1) is 9.60. The smallest absolute Gasteiger partial charge is 0.228 e. The monoisotopic (exact) mass is 272 g/mol. The minimum absolute atomic E-state index is 0.0367. The van der Waals surface area contributed by atoms with Gasteiger partial charge >= 0.3 is 0 Å². The van der Waals surface area contributed by atoms with Crippen molar-refractivity contribution in [1.82, 2.24) is 0 Å². The molecule has 100 valence electrons. The first-order valence-electron chi connectivity index (χ1n) is 5.83. The highest BCUT2D eigenvalue weighted by Gasteiger charge is 2.10. The number of nitrogens with zero attached hydrogens (tertiary/aromatic N) is 1. The van der Waals surface area contributed by atoms with Crippen molar-refractivity contribution in [1.29, 1.82) is 5.26 Å². The predicted octanol–water partition coefficient (Wildman–Crippen LogP) is 3.02. The summed E-state index contributed by atoms with van der Waals surface area (Å²) in [4.78, 5) is 11.7. The van der Waals surface area contributed by atoms with Gasteiger partial charge in [0.1, 0.15) is 11.6 Å². The maximum absolute atomic E-state index is 13.6. The average Bonchev–Trinajstić information content (AvgIpc) is 2.43. The molecule has 0 heterocycles. The van der Waals surface area contributed by atoms with E-state index in [1.165, 1.54) is 30.3 Å². The summed E-state index contributed by atoms with van der Waals surface area (Å²) in [5, 5.41) is 11.0. The van der Waals surface area contributed by atoms with Gasteiger partial charge < -0.3 is 5.32 Å². The largest absolute Gasteiger partial charge is 0.323 e. The number of hydrogen-bond donors (Lipinski definition) is 1. The Morgan fingerprint density at radius 1 is 1.15 bits per heavy atom. The maximum atomic E-state index is 13.6. The third kappa shape index (κ3) is 3.18. The highest BCUT2D eigenvalue weighted by molar-refractivity contribution is 5.92. The highest BCUT2D eigenvalue weighted by atomic mass is 19.1. The van der Waals surface area contributed by atoms with Crippen LogP contribution in [0.3, 0.4) is 0 Å². The molecule has 0 aliphatic rings. The number of carbonyl (C=O) groups is 1. The highest BCUT2D eigenvalue weighted by Crippen LogP contribution is 2.16. The Labute approximate surface area is 114 Å². The molecular formula is C15H10F2N2O. The molecule has 1 amide bonds. The van der Waals surface area contributed by atoms with Crippen LogP contribution >= 0.6 is 0 Å². The lowest BCUT2D eigenvalue weighted by Crippen LogP contribution is -2.16. The van der Waals surface area contributed by atoms with E-state index in [0.29, 0.717) is 0 Å². The minimum atomic E-state index is -0.703. The molecule has 1 N–H and O–H groups in total. The molecule has 0 aromatic heterocycles. The summed E-state index contributed by atoms with van der Waals surface area (Å²) in [6, 6.07) is 11.4. The second kappa shape index (κ2) is 5.93. The number of benzene rings is 2. The first-order valence-corrected chi connectivity index (χ1v) is 5.83. The van der Waals surface area contributed by atoms with E-state index in [0.717, 1.165) is 6.07 Å². The molecule has 5 heteroatoms. The van der Waals surface area contributed by atoms with Gasteiger partial charge in [-0.3, -0.25) is 4.79 Å². The van der Waals surface area contributed by atoms with Gasteiger partial charge in [-0.2, -0.15) is 5.26 Å². The fraction of sp³-hybridized carbons (Fsp3) is 0.0667. The Hall–Kier alpha value is -2.74. The summed E-state index contributed by atoms with van der Waals surface area (Å²) in [7, 11) is 0. The van der Waals surface area contributed by atoms with Gasteiger partial charge in [-0.1, -0.05) is 18.2 Å². The van der Waals surface area contributed by atoms with Crippen LogP contribution in [0.15, 0.2) is 42.5 Å². The Morgan fingerprint density at radius 2 is 1.90 bits per heavy atom. The molecule has 0 fully saturated rings. The molecule has 0 aliphatic carbocycles. The van der Waals surface area contributed by atoms with Crippen molar-refractivity contribution < 1.29 is 13.6 Å². The topological polar surface area (TPSA) is 52.9 Å². The van der Waals surface area contributed by atoms with Crippen LogP contribution in [0.25, 0.3) is 0 Å². The Kier molecular flexibility index (Phi) is 4.06. The molecule has 0 atom stereocenters. The van der Waals surface area contributed by atoms with Crippen molar-refractivity contribution in [3.05, 3.63) is 65.2 Å². The molecule has 20 heavy (non-hydrogen) atoms. The van der Waals surface area contributed by atoms with Gasteiger partial charge in [-0.15, -0.1) is 0 Å².